The number of ether oxygens (including phenoxy) is 1. The summed E-state index contributed by atoms with van der Waals surface area (Å²) < 4.78 is 5.03. The molecule has 0 fully saturated rings. The second-order valence-electron chi connectivity index (χ2n) is 3.34. The lowest BCUT2D eigenvalue weighted by Gasteiger charge is -2.11. The molecule has 0 aliphatic heterocycles. The van der Waals surface area contributed by atoms with Crippen LogP contribution in [0.15, 0.2) is 18.2 Å². The van der Waals surface area contributed by atoms with Crippen molar-refractivity contribution in [1.82, 2.24) is 0 Å². The number of rotatable bonds is 6. The first-order valence-electron chi connectivity index (χ1n) is 4.97. The Kier molecular flexibility index (Phi) is 4.68. The summed E-state index contributed by atoms with van der Waals surface area (Å²) >= 11 is 0. The Hall–Kier alpha value is -1.86. The number of aliphatic hydroxyl groups excluding tert-OH is 1. The normalized spacial score (nSPS) is 10.4. The lowest BCUT2D eigenvalue weighted by Crippen LogP contribution is -2.12. The lowest BCUT2D eigenvalue weighted by atomic mass is 10.2. The van der Waals surface area contributed by atoms with E-state index in [0.29, 0.717) is 11.4 Å². The minimum atomic E-state index is -1.41. The predicted molar refractivity (Wildman–Crippen MR) is 61.0 cm³/mol. The van der Waals surface area contributed by atoms with Crippen LogP contribution in [0.1, 0.15) is 6.42 Å². The van der Waals surface area contributed by atoms with Crippen molar-refractivity contribution in [3.63, 3.8) is 0 Å². The molecule has 0 heterocycles. The predicted octanol–water partition coefficient (Wildman–Crippen LogP) is 0.716. The highest BCUT2D eigenvalue weighted by Crippen LogP contribution is 2.28. The third-order valence-electron chi connectivity index (χ3n) is 2.11. The third-order valence-corrected chi connectivity index (χ3v) is 2.11. The van der Waals surface area contributed by atoms with Crippen LogP contribution < -0.4 is 10.1 Å². The van der Waals surface area contributed by atoms with Gasteiger partial charge in [-0.05, 0) is 6.07 Å². The van der Waals surface area contributed by atoms with E-state index in [9.17, 15) is 10.1 Å². The fourth-order valence-corrected chi connectivity index (χ4v) is 1.28. The van der Waals surface area contributed by atoms with Gasteiger partial charge in [0.1, 0.15) is 5.75 Å². The summed E-state index contributed by atoms with van der Waals surface area (Å²) in [6, 6.07) is 4.16. The van der Waals surface area contributed by atoms with Gasteiger partial charge in [-0.1, -0.05) is 0 Å². The molecule has 0 atom stereocenters. The molecule has 17 heavy (non-hydrogen) atoms. The molecule has 3 N–H and O–H groups in total. The van der Waals surface area contributed by atoms with Gasteiger partial charge in [0.15, 0.2) is 6.29 Å². The van der Waals surface area contributed by atoms with E-state index in [-0.39, 0.29) is 18.7 Å². The first-order chi connectivity index (χ1) is 8.04. The molecular formula is C10H14N2O5. The summed E-state index contributed by atoms with van der Waals surface area (Å²) in [5.74, 6) is 0.461. The molecule has 0 radical (unpaired) electrons. The number of nitro benzene ring substituents is 1. The van der Waals surface area contributed by atoms with Gasteiger partial charge in [0.2, 0.25) is 0 Å². The van der Waals surface area contributed by atoms with Crippen LogP contribution >= 0.6 is 0 Å². The van der Waals surface area contributed by atoms with E-state index >= 15 is 0 Å². The Morgan fingerprint density at radius 1 is 1.53 bits per heavy atom. The first kappa shape index (κ1) is 13.2. The molecule has 0 aromatic heterocycles. The van der Waals surface area contributed by atoms with Gasteiger partial charge in [0, 0.05) is 25.1 Å². The van der Waals surface area contributed by atoms with Crippen LogP contribution in [0.3, 0.4) is 0 Å². The van der Waals surface area contributed by atoms with Crippen LogP contribution in [0.2, 0.25) is 0 Å². The van der Waals surface area contributed by atoms with E-state index < -0.39 is 11.2 Å². The maximum atomic E-state index is 10.6. The molecule has 1 aromatic carbocycles. The zero-order valence-corrected chi connectivity index (χ0v) is 9.29. The zero-order chi connectivity index (χ0) is 12.8. The van der Waals surface area contributed by atoms with E-state index in [2.05, 4.69) is 5.32 Å². The van der Waals surface area contributed by atoms with Gasteiger partial charge >= 0.3 is 0 Å². The average Bonchev–Trinajstić information content (AvgIpc) is 2.28. The fraction of sp³-hybridized carbons (Fsp3) is 0.400. The molecule has 0 spiro atoms. The summed E-state index contributed by atoms with van der Waals surface area (Å²) in [5, 5.41) is 30.8. The molecule has 0 unspecified atom stereocenters. The smallest absolute Gasteiger partial charge is 0.271 e. The number of benzene rings is 1. The van der Waals surface area contributed by atoms with Crippen molar-refractivity contribution in [3.8, 4) is 5.75 Å². The molecule has 0 amide bonds. The molecule has 0 aliphatic carbocycles. The molecular weight excluding hydrogens is 228 g/mol. The molecule has 0 aliphatic rings. The van der Waals surface area contributed by atoms with Gasteiger partial charge in [-0.15, -0.1) is 0 Å². The van der Waals surface area contributed by atoms with Crippen LogP contribution in [0.25, 0.3) is 0 Å². The Morgan fingerprint density at radius 2 is 2.24 bits per heavy atom. The Bertz CT molecular complexity index is 394. The Balaban J connectivity index is 2.79. The van der Waals surface area contributed by atoms with Gasteiger partial charge in [-0.3, -0.25) is 10.1 Å². The number of anilines is 1. The fourth-order valence-electron chi connectivity index (χ4n) is 1.28. The molecule has 0 saturated carbocycles. The van der Waals surface area contributed by atoms with E-state index in [1.807, 2.05) is 0 Å². The van der Waals surface area contributed by atoms with Crippen molar-refractivity contribution in [2.24, 2.45) is 0 Å². The van der Waals surface area contributed by atoms with Crippen LogP contribution in [0.5, 0.6) is 5.75 Å². The van der Waals surface area contributed by atoms with Crippen molar-refractivity contribution in [2.75, 3.05) is 19.0 Å². The minimum absolute atomic E-state index is 0.0575. The Morgan fingerprint density at radius 3 is 2.76 bits per heavy atom. The summed E-state index contributed by atoms with van der Waals surface area (Å²) in [6.07, 6.45) is -1.29. The SMILES string of the molecule is COc1ccc([N+](=O)[O-])cc1NCCC(O)O. The van der Waals surface area contributed by atoms with Gasteiger partial charge < -0.3 is 20.3 Å². The maximum Gasteiger partial charge on any atom is 0.271 e. The number of methoxy groups -OCH3 is 1. The second-order valence-corrected chi connectivity index (χ2v) is 3.34. The highest BCUT2D eigenvalue weighted by atomic mass is 16.6. The van der Waals surface area contributed by atoms with Crippen LogP contribution in [-0.4, -0.2) is 35.1 Å². The Labute approximate surface area is 97.8 Å². The van der Waals surface area contributed by atoms with Gasteiger partial charge in [-0.25, -0.2) is 0 Å². The molecule has 7 heteroatoms. The van der Waals surface area contributed by atoms with Crippen LogP contribution in [0.4, 0.5) is 11.4 Å². The monoisotopic (exact) mass is 242 g/mol. The summed E-state index contributed by atoms with van der Waals surface area (Å²) in [4.78, 5) is 10.1. The number of non-ortho nitro benzene ring substituents is 1. The largest absolute Gasteiger partial charge is 0.495 e. The first-order valence-corrected chi connectivity index (χ1v) is 4.97. The van der Waals surface area contributed by atoms with Crippen molar-refractivity contribution >= 4 is 11.4 Å². The quantitative estimate of drug-likeness (QED) is 0.385. The van der Waals surface area contributed by atoms with Crippen molar-refractivity contribution < 1.29 is 19.9 Å². The number of aliphatic hydroxyl groups is 2. The molecule has 0 bridgehead atoms. The van der Waals surface area contributed by atoms with Gasteiger partial charge in [-0.2, -0.15) is 0 Å². The topological polar surface area (TPSA) is 105 Å². The number of hydrogen-bond acceptors (Lipinski definition) is 6. The maximum absolute atomic E-state index is 10.6. The zero-order valence-electron chi connectivity index (χ0n) is 9.29. The van der Waals surface area contributed by atoms with Crippen LogP contribution in [0, 0.1) is 10.1 Å². The van der Waals surface area contributed by atoms with Gasteiger partial charge in [0.25, 0.3) is 5.69 Å². The summed E-state index contributed by atoms with van der Waals surface area (Å²) in [7, 11) is 1.45. The highest BCUT2D eigenvalue weighted by molar-refractivity contribution is 5.61. The number of nitrogens with one attached hydrogen (secondary N) is 1. The molecule has 1 rings (SSSR count). The van der Waals surface area contributed by atoms with E-state index in [1.54, 1.807) is 0 Å². The summed E-state index contributed by atoms with van der Waals surface area (Å²) in [5.41, 5.74) is 0.389. The lowest BCUT2D eigenvalue weighted by molar-refractivity contribution is -0.384. The second kappa shape index (κ2) is 6.02. The molecule has 1 aromatic rings. The van der Waals surface area contributed by atoms with E-state index in [1.165, 1.54) is 25.3 Å². The number of hydrogen-bond donors (Lipinski definition) is 3. The third kappa shape index (κ3) is 3.89. The molecule has 0 saturated heterocycles. The summed E-state index contributed by atoms with van der Waals surface area (Å²) in [6.45, 7) is 0.273. The van der Waals surface area contributed by atoms with Crippen molar-refractivity contribution in [2.45, 2.75) is 12.7 Å². The van der Waals surface area contributed by atoms with E-state index in [4.69, 9.17) is 14.9 Å². The van der Waals surface area contributed by atoms with E-state index in [0.717, 1.165) is 0 Å². The molecule has 7 nitrogen and oxygen atoms in total. The van der Waals surface area contributed by atoms with Crippen molar-refractivity contribution in [3.05, 3.63) is 28.3 Å². The number of nitrogens with zero attached hydrogens (tertiary/aromatic N) is 1. The average molecular weight is 242 g/mol. The number of nitro groups is 1. The standard InChI is InChI=1S/C10H14N2O5/c1-17-9-3-2-7(12(15)16)6-8(9)11-5-4-10(13)14/h2-3,6,10-11,13-14H,4-5H2,1H3. The molecule has 94 valence electrons. The minimum Gasteiger partial charge on any atom is -0.495 e. The van der Waals surface area contributed by atoms with Gasteiger partial charge in [0.05, 0.1) is 17.7 Å². The van der Waals surface area contributed by atoms with Crippen molar-refractivity contribution in [1.29, 1.82) is 0 Å². The van der Waals surface area contributed by atoms with Crippen LogP contribution in [-0.2, 0) is 0 Å². The highest BCUT2D eigenvalue weighted by Gasteiger charge is 2.11.